The van der Waals surface area contributed by atoms with E-state index in [9.17, 15) is 4.79 Å². The molecule has 1 radical (unpaired) electrons. The van der Waals surface area contributed by atoms with Gasteiger partial charge in [-0.2, -0.15) is 5.69 Å². The van der Waals surface area contributed by atoms with E-state index in [1.165, 1.54) is 0 Å². The quantitative estimate of drug-likeness (QED) is 0.471. The summed E-state index contributed by atoms with van der Waals surface area (Å²) >= 11 is 0. The van der Waals surface area contributed by atoms with Crippen molar-refractivity contribution >= 4 is 22.5 Å². The Labute approximate surface area is 186 Å². The van der Waals surface area contributed by atoms with Crippen molar-refractivity contribution in [3.8, 4) is 0 Å². The van der Waals surface area contributed by atoms with Crippen molar-refractivity contribution < 1.29 is 83.4 Å². The molecule has 0 aliphatic carbocycles. The number of hydrogen-bond acceptors (Lipinski definition) is 1. The van der Waals surface area contributed by atoms with Gasteiger partial charge < -0.3 is 16.4 Å². The second-order valence-electron chi connectivity index (χ2n) is 4.38. The zero-order valence-corrected chi connectivity index (χ0v) is 19.5. The third kappa shape index (κ3) is 4.45. The summed E-state index contributed by atoms with van der Waals surface area (Å²) in [5.74, 6) is -0.175. The van der Waals surface area contributed by atoms with Gasteiger partial charge in [-0.25, -0.2) is 0 Å². The maximum absolute atomic E-state index is 12.1. The van der Waals surface area contributed by atoms with Crippen molar-refractivity contribution in [2.45, 2.75) is 6.92 Å². The van der Waals surface area contributed by atoms with E-state index in [0.717, 1.165) is 16.5 Å². The molecule has 1 amide bonds. The minimum Gasteiger partial charge on any atom is -0.397 e. The predicted molar refractivity (Wildman–Crippen MR) is 75.1 cm³/mol. The first-order chi connectivity index (χ1) is 9.24. The second kappa shape index (κ2) is 8.52. The third-order valence-corrected chi connectivity index (χ3v) is 3.00. The Morgan fingerprint density at radius 2 is 2.10 bits per heavy atom. The van der Waals surface area contributed by atoms with Crippen LogP contribution in [0.5, 0.6) is 0 Å². The summed E-state index contributed by atoms with van der Waals surface area (Å²) in [5.41, 5.74) is 3.27. The number of carbonyl (C=O) groups is 1. The molecule has 1 aromatic heterocycles. The summed E-state index contributed by atoms with van der Waals surface area (Å²) in [6.45, 7) is 2.01. The number of rotatable bonds is 2. The van der Waals surface area contributed by atoms with E-state index in [0.29, 0.717) is 11.4 Å². The van der Waals surface area contributed by atoms with Crippen LogP contribution in [0.2, 0.25) is 0 Å². The molecule has 0 saturated carbocycles. The molecular weight excluding hydrogens is 508 g/mol. The number of aryl methyl sites for hydroxylation is 1. The number of H-pyrrole nitrogens is 1. The minimum absolute atomic E-state index is 0. The first-order valence-electron chi connectivity index (χ1n) is 6.01. The Kier molecular flexibility index (Phi) is 7.70. The summed E-state index contributed by atoms with van der Waals surface area (Å²) in [6.07, 6.45) is 0. The van der Waals surface area contributed by atoms with E-state index < -0.39 is 0 Å². The van der Waals surface area contributed by atoms with Gasteiger partial charge in [0.15, 0.2) is 0 Å². The molecular formula is C16H12N2ORbRe-. The van der Waals surface area contributed by atoms with E-state index in [1.54, 1.807) is 18.2 Å². The van der Waals surface area contributed by atoms with Crippen LogP contribution in [-0.2, 0) is 20.4 Å². The van der Waals surface area contributed by atoms with Crippen LogP contribution in [0.3, 0.4) is 0 Å². The second-order valence-corrected chi connectivity index (χ2v) is 4.38. The van der Waals surface area contributed by atoms with Crippen LogP contribution < -0.4 is 63.5 Å². The van der Waals surface area contributed by atoms with Gasteiger partial charge >= 0.3 is 58.2 Å². The Hall–Kier alpha value is -0.0825. The number of hydrogen-bond donors (Lipinski definition) is 2. The zero-order chi connectivity index (χ0) is 13.2. The molecule has 0 unspecified atom stereocenters. The number of amides is 1. The Bertz CT molecular complexity index is 740. The fourth-order valence-electron chi connectivity index (χ4n) is 2.04. The first kappa shape index (κ1) is 19.0. The van der Waals surface area contributed by atoms with Gasteiger partial charge in [0, 0.05) is 31.3 Å². The minimum atomic E-state index is -0.175. The smallest absolute Gasteiger partial charge is 0.397 e. The summed E-state index contributed by atoms with van der Waals surface area (Å²) in [4.78, 5) is 15.3. The van der Waals surface area contributed by atoms with Crippen LogP contribution in [-0.4, -0.2) is 10.9 Å². The average Bonchev–Trinajstić information content (AvgIpc) is 2.85. The van der Waals surface area contributed by atoms with Gasteiger partial charge in [0.05, 0.1) is 0 Å². The Balaban J connectivity index is 0.00000110. The Morgan fingerprint density at radius 1 is 1.29 bits per heavy atom. The maximum atomic E-state index is 12.1. The van der Waals surface area contributed by atoms with Crippen LogP contribution in [0, 0.1) is 19.1 Å². The van der Waals surface area contributed by atoms with Crippen molar-refractivity contribution in [2.75, 3.05) is 5.32 Å². The predicted octanol–water partition coefficient (Wildman–Crippen LogP) is 0.330. The van der Waals surface area contributed by atoms with Crippen molar-refractivity contribution in [3.05, 3.63) is 65.9 Å². The molecule has 3 nitrogen and oxygen atoms in total. The summed E-state index contributed by atoms with van der Waals surface area (Å²) in [6, 6.07) is 18.8. The molecule has 0 aliphatic rings. The SMILES string of the molecule is Cc1cccc2cc(C(=O)Nc3[c-]cc[c-]c3)[nH]c12.[Rb+].[Re]. The molecule has 21 heavy (non-hydrogen) atoms. The van der Waals surface area contributed by atoms with Crippen LogP contribution in [0.15, 0.2) is 42.5 Å². The number of fused-ring (bicyclic) bond motifs is 1. The van der Waals surface area contributed by atoms with Crippen molar-refractivity contribution in [2.24, 2.45) is 0 Å². The van der Waals surface area contributed by atoms with Gasteiger partial charge in [-0.15, -0.1) is 0 Å². The molecule has 0 bridgehead atoms. The number of para-hydroxylation sites is 1. The van der Waals surface area contributed by atoms with E-state index in [1.807, 2.05) is 31.2 Å². The van der Waals surface area contributed by atoms with Gasteiger partial charge in [0.25, 0.3) is 5.91 Å². The van der Waals surface area contributed by atoms with Gasteiger partial charge in [-0.05, 0) is 18.6 Å². The number of aromatic amines is 1. The Morgan fingerprint density at radius 3 is 2.76 bits per heavy atom. The number of nitrogens with one attached hydrogen (secondary N) is 2. The topological polar surface area (TPSA) is 44.9 Å². The molecule has 3 aromatic rings. The molecule has 101 valence electrons. The summed E-state index contributed by atoms with van der Waals surface area (Å²) < 4.78 is 0. The van der Waals surface area contributed by atoms with Crippen molar-refractivity contribution in [1.82, 2.24) is 4.98 Å². The molecule has 0 spiro atoms. The number of benzene rings is 2. The fraction of sp³-hybridized carbons (Fsp3) is 0.0625. The van der Waals surface area contributed by atoms with Crippen LogP contribution in [0.1, 0.15) is 16.1 Å². The molecule has 0 aliphatic heterocycles. The number of anilines is 1. The van der Waals surface area contributed by atoms with E-state index in [-0.39, 0.29) is 84.5 Å². The van der Waals surface area contributed by atoms with E-state index in [2.05, 4.69) is 22.4 Å². The maximum Gasteiger partial charge on any atom is 1.00 e. The van der Waals surface area contributed by atoms with Gasteiger partial charge in [0.2, 0.25) is 0 Å². The molecule has 3 rings (SSSR count). The van der Waals surface area contributed by atoms with Crippen LogP contribution in [0.4, 0.5) is 5.69 Å². The average molecular weight is 520 g/mol. The normalized spacial score (nSPS) is 9.57. The molecule has 0 atom stereocenters. The molecule has 0 saturated heterocycles. The van der Waals surface area contributed by atoms with Crippen molar-refractivity contribution in [1.29, 1.82) is 0 Å². The van der Waals surface area contributed by atoms with Gasteiger partial charge in [-0.1, -0.05) is 18.2 Å². The van der Waals surface area contributed by atoms with Gasteiger partial charge in [-0.3, -0.25) is 29.1 Å². The zero-order valence-electron chi connectivity index (χ0n) is 11.8. The van der Waals surface area contributed by atoms with Crippen molar-refractivity contribution in [3.63, 3.8) is 0 Å². The molecule has 1 heterocycles. The molecule has 2 aromatic carbocycles. The number of aromatic nitrogens is 1. The largest absolute Gasteiger partial charge is 1.00 e. The van der Waals surface area contributed by atoms with E-state index in [4.69, 9.17) is 0 Å². The molecule has 0 fully saturated rings. The fourth-order valence-corrected chi connectivity index (χ4v) is 2.04. The van der Waals surface area contributed by atoms with Crippen LogP contribution >= 0.6 is 0 Å². The third-order valence-electron chi connectivity index (χ3n) is 3.00. The van der Waals surface area contributed by atoms with Crippen LogP contribution in [0.25, 0.3) is 10.9 Å². The summed E-state index contributed by atoms with van der Waals surface area (Å²) in [7, 11) is 0. The van der Waals surface area contributed by atoms with Gasteiger partial charge in [0.1, 0.15) is 5.69 Å². The monoisotopic (exact) mass is 520 g/mol. The summed E-state index contributed by atoms with van der Waals surface area (Å²) in [5, 5.41) is 3.82. The molecule has 5 heteroatoms. The molecule has 2 N–H and O–H groups in total. The number of carbonyl (C=O) groups excluding carboxylic acids is 1. The standard InChI is InChI=1S/C16H12N2O.Rb.Re/c1-11-6-5-7-12-10-14(18-15(11)12)16(19)17-13-8-3-2-4-9-13;;/h2-3,5-7,9-10,18H,1H3,(H,17,19);;/q-2;+1;. The van der Waals surface area contributed by atoms with E-state index >= 15 is 0 Å². The first-order valence-corrected chi connectivity index (χ1v) is 6.01.